The zero-order chi connectivity index (χ0) is 19.7. The normalized spacial score (nSPS) is 16.5. The minimum Gasteiger partial charge on any atom is -0.273 e. The van der Waals surface area contributed by atoms with E-state index in [0.717, 1.165) is 33.3 Å². The number of carbonyl (C=O) groups is 1. The Balaban J connectivity index is 1.66. The summed E-state index contributed by atoms with van der Waals surface area (Å²) in [7, 11) is 0. The van der Waals surface area contributed by atoms with Gasteiger partial charge in [0.05, 0.1) is 17.3 Å². The van der Waals surface area contributed by atoms with Crippen molar-refractivity contribution in [1.82, 2.24) is 9.99 Å². The topological polar surface area (TPSA) is 45.6 Å². The third-order valence-electron chi connectivity index (χ3n) is 5.20. The van der Waals surface area contributed by atoms with Gasteiger partial charge in [0, 0.05) is 18.2 Å². The van der Waals surface area contributed by atoms with Gasteiger partial charge in [0.15, 0.2) is 0 Å². The van der Waals surface area contributed by atoms with Gasteiger partial charge in [-0.25, -0.2) is 9.99 Å². The Morgan fingerprint density at radius 1 is 1.18 bits per heavy atom. The summed E-state index contributed by atoms with van der Waals surface area (Å²) in [5.41, 5.74) is 4.96. The van der Waals surface area contributed by atoms with Crippen molar-refractivity contribution in [1.29, 1.82) is 0 Å². The summed E-state index contributed by atoms with van der Waals surface area (Å²) >= 11 is 6.52. The molecule has 0 unspecified atom stereocenters. The van der Waals surface area contributed by atoms with Crippen LogP contribution in [0.2, 0.25) is 5.15 Å². The first-order valence-corrected chi connectivity index (χ1v) is 9.94. The highest BCUT2D eigenvalue weighted by Crippen LogP contribution is 2.28. The number of fused-ring (bicyclic) bond motifs is 1. The molecule has 0 fully saturated rings. The minimum absolute atomic E-state index is 0.0247. The largest absolute Gasteiger partial charge is 0.273 e. The summed E-state index contributed by atoms with van der Waals surface area (Å²) in [6.07, 6.45) is 1.75. The van der Waals surface area contributed by atoms with Gasteiger partial charge in [-0.2, -0.15) is 5.10 Å². The van der Waals surface area contributed by atoms with E-state index >= 15 is 0 Å². The van der Waals surface area contributed by atoms with E-state index in [1.807, 2.05) is 62.4 Å². The maximum Gasteiger partial charge on any atom is 0.242 e. The minimum atomic E-state index is -0.0517. The highest BCUT2D eigenvalue weighted by molar-refractivity contribution is 6.30. The number of carbonyl (C=O) groups excluding carboxylic acids is 1. The molecule has 0 saturated carbocycles. The Bertz CT molecular complexity index is 1060. The van der Waals surface area contributed by atoms with E-state index in [0.29, 0.717) is 24.4 Å². The molecule has 4 rings (SSSR count). The molecule has 1 amide bonds. The molecule has 1 aliphatic heterocycles. The summed E-state index contributed by atoms with van der Waals surface area (Å²) in [6, 6.07) is 18.2. The number of aryl methyl sites for hydroxylation is 1. The maximum atomic E-state index is 12.5. The molecule has 0 radical (unpaired) electrons. The molecule has 28 heavy (non-hydrogen) atoms. The van der Waals surface area contributed by atoms with Crippen LogP contribution in [0.1, 0.15) is 36.5 Å². The summed E-state index contributed by atoms with van der Waals surface area (Å²) in [6.45, 7) is 3.90. The molecule has 2 aromatic carbocycles. The molecule has 5 heteroatoms. The molecule has 3 aromatic rings. The van der Waals surface area contributed by atoms with E-state index < -0.39 is 0 Å². The smallest absolute Gasteiger partial charge is 0.242 e. The number of halogens is 1. The first-order chi connectivity index (χ1) is 13.6. The second-order valence-corrected chi connectivity index (χ2v) is 7.51. The van der Waals surface area contributed by atoms with Crippen LogP contribution in [0.25, 0.3) is 10.9 Å². The number of amides is 1. The van der Waals surface area contributed by atoms with Crippen LogP contribution >= 0.6 is 11.6 Å². The molecule has 0 N–H and O–H groups in total. The molecule has 1 atom stereocenters. The fourth-order valence-corrected chi connectivity index (χ4v) is 3.93. The zero-order valence-corrected chi connectivity index (χ0v) is 16.8. The molecule has 0 aliphatic carbocycles. The second-order valence-electron chi connectivity index (χ2n) is 7.15. The molecule has 142 valence electrons. The van der Waals surface area contributed by atoms with E-state index in [-0.39, 0.29) is 11.9 Å². The van der Waals surface area contributed by atoms with E-state index in [9.17, 15) is 4.79 Å². The van der Waals surface area contributed by atoms with Gasteiger partial charge in [0.1, 0.15) is 5.15 Å². The number of pyridine rings is 1. The third kappa shape index (κ3) is 3.52. The van der Waals surface area contributed by atoms with E-state index in [1.165, 1.54) is 0 Å². The predicted octanol–water partition coefficient (Wildman–Crippen LogP) is 5.15. The maximum absolute atomic E-state index is 12.5. The van der Waals surface area contributed by atoms with Crippen molar-refractivity contribution in [3.05, 3.63) is 76.4 Å². The fraction of sp³-hybridized carbons (Fsp3) is 0.261. The number of aromatic nitrogens is 1. The van der Waals surface area contributed by atoms with E-state index in [1.54, 1.807) is 5.01 Å². The Morgan fingerprint density at radius 3 is 2.71 bits per heavy atom. The SMILES string of the molecule is CCC(=O)N1N=C(c2ccccc2)C[C@H]1Cc1cc2cccc(C)c2nc1Cl. The lowest BCUT2D eigenvalue weighted by Gasteiger charge is -2.21. The van der Waals surface area contributed by atoms with Crippen LogP contribution in [0.15, 0.2) is 59.7 Å². The lowest BCUT2D eigenvalue weighted by atomic mass is 9.98. The van der Waals surface area contributed by atoms with Gasteiger partial charge in [-0.3, -0.25) is 4.79 Å². The third-order valence-corrected chi connectivity index (χ3v) is 5.52. The van der Waals surface area contributed by atoms with Gasteiger partial charge in [0.2, 0.25) is 5.91 Å². The Labute approximate surface area is 169 Å². The average molecular weight is 392 g/mol. The Morgan fingerprint density at radius 2 is 1.96 bits per heavy atom. The number of nitrogens with zero attached hydrogens (tertiary/aromatic N) is 3. The number of hydrogen-bond acceptors (Lipinski definition) is 3. The molecule has 0 saturated heterocycles. The molecule has 0 bridgehead atoms. The van der Waals surface area contributed by atoms with Crippen LogP contribution in [0.3, 0.4) is 0 Å². The van der Waals surface area contributed by atoms with Crippen molar-refractivity contribution in [3.63, 3.8) is 0 Å². The van der Waals surface area contributed by atoms with E-state index in [4.69, 9.17) is 11.6 Å². The van der Waals surface area contributed by atoms with Crippen molar-refractivity contribution < 1.29 is 4.79 Å². The number of hydrazone groups is 1. The van der Waals surface area contributed by atoms with Crippen LogP contribution in [0, 0.1) is 6.92 Å². The molecule has 2 heterocycles. The average Bonchev–Trinajstić information content (AvgIpc) is 3.13. The molecule has 1 aromatic heterocycles. The number of para-hydroxylation sites is 1. The van der Waals surface area contributed by atoms with Crippen molar-refractivity contribution in [2.45, 2.75) is 39.2 Å². The predicted molar refractivity (Wildman–Crippen MR) is 114 cm³/mol. The lowest BCUT2D eigenvalue weighted by Crippen LogP contribution is -2.33. The number of benzene rings is 2. The second kappa shape index (κ2) is 7.72. The highest BCUT2D eigenvalue weighted by Gasteiger charge is 2.31. The van der Waals surface area contributed by atoms with Gasteiger partial charge in [-0.1, -0.05) is 67.1 Å². The quantitative estimate of drug-likeness (QED) is 0.577. The van der Waals surface area contributed by atoms with Crippen LogP contribution in [-0.4, -0.2) is 27.7 Å². The molecule has 0 spiro atoms. The first-order valence-electron chi connectivity index (χ1n) is 9.56. The van der Waals surface area contributed by atoms with Crippen molar-refractivity contribution in [2.24, 2.45) is 5.10 Å². The van der Waals surface area contributed by atoms with Crippen molar-refractivity contribution in [3.8, 4) is 0 Å². The van der Waals surface area contributed by atoms with Crippen LogP contribution in [0.5, 0.6) is 0 Å². The van der Waals surface area contributed by atoms with Crippen molar-refractivity contribution in [2.75, 3.05) is 0 Å². The Kier molecular flexibility index (Phi) is 5.14. The monoisotopic (exact) mass is 391 g/mol. The number of rotatable bonds is 4. The Hall–Kier alpha value is -2.72. The van der Waals surface area contributed by atoms with Crippen LogP contribution in [0.4, 0.5) is 0 Å². The lowest BCUT2D eigenvalue weighted by molar-refractivity contribution is -0.132. The van der Waals surface area contributed by atoms with Gasteiger partial charge >= 0.3 is 0 Å². The van der Waals surface area contributed by atoms with Gasteiger partial charge < -0.3 is 0 Å². The van der Waals surface area contributed by atoms with E-state index in [2.05, 4.69) is 16.2 Å². The standard InChI is InChI=1S/C23H22ClN3O/c1-3-21(28)27-19(14-20(26-27)16-9-5-4-6-10-16)13-18-12-17-11-7-8-15(2)22(17)25-23(18)24/h4-12,19H,3,13-14H2,1-2H3/t19-/m1/s1. The highest BCUT2D eigenvalue weighted by atomic mass is 35.5. The molecule has 4 nitrogen and oxygen atoms in total. The zero-order valence-electron chi connectivity index (χ0n) is 16.0. The molecule has 1 aliphatic rings. The molecular weight excluding hydrogens is 370 g/mol. The summed E-state index contributed by atoms with van der Waals surface area (Å²) < 4.78 is 0. The van der Waals surface area contributed by atoms with Gasteiger partial charge in [-0.05, 0) is 36.1 Å². The fourth-order valence-electron chi connectivity index (χ4n) is 3.71. The summed E-state index contributed by atoms with van der Waals surface area (Å²) in [4.78, 5) is 17.1. The van der Waals surface area contributed by atoms with Crippen molar-refractivity contribution >= 4 is 34.1 Å². The van der Waals surface area contributed by atoms with Gasteiger partial charge in [0.25, 0.3) is 0 Å². The van der Waals surface area contributed by atoms with Crippen LogP contribution in [-0.2, 0) is 11.2 Å². The summed E-state index contributed by atoms with van der Waals surface area (Å²) in [5.74, 6) is 0.0247. The first kappa shape index (κ1) is 18.6. The molecular formula is C23H22ClN3O. The van der Waals surface area contributed by atoms with Gasteiger partial charge in [-0.15, -0.1) is 0 Å². The van der Waals surface area contributed by atoms with Crippen LogP contribution < -0.4 is 0 Å². The number of hydrogen-bond donors (Lipinski definition) is 0. The summed E-state index contributed by atoms with van der Waals surface area (Å²) in [5, 5.41) is 7.85.